The van der Waals surface area contributed by atoms with E-state index in [4.69, 9.17) is 5.11 Å². The van der Waals surface area contributed by atoms with Gasteiger partial charge in [0.1, 0.15) is 16.8 Å². The van der Waals surface area contributed by atoms with E-state index in [1.807, 2.05) is 0 Å². The molecule has 0 fully saturated rings. The lowest BCUT2D eigenvalue weighted by Crippen LogP contribution is -2.41. The topological polar surface area (TPSA) is 53.4 Å². The molecule has 0 saturated heterocycles. The lowest BCUT2D eigenvalue weighted by molar-refractivity contribution is -0.141. The number of nitrogens with zero attached hydrogens (tertiary/aromatic N) is 2. The Hall–Kier alpha value is -1.15. The molecule has 0 radical (unpaired) electrons. The summed E-state index contributed by atoms with van der Waals surface area (Å²) < 4.78 is 37.2. The van der Waals surface area contributed by atoms with Crippen LogP contribution in [0.4, 0.5) is 13.2 Å². The SMILES string of the molecule is O=C(c1cccc(Br)n1)N(CCO)CC(F)(F)F. The second-order valence-electron chi connectivity index (χ2n) is 3.41. The van der Waals surface area contributed by atoms with Gasteiger partial charge >= 0.3 is 6.18 Å². The quantitative estimate of drug-likeness (QED) is 0.859. The molecule has 1 rings (SSSR count). The molecule has 0 atom stereocenters. The van der Waals surface area contributed by atoms with Gasteiger partial charge in [0, 0.05) is 6.54 Å². The minimum atomic E-state index is -4.52. The molecule has 1 N–H and O–H groups in total. The molecular formula is C10H10BrF3N2O2. The molecule has 4 nitrogen and oxygen atoms in total. The fourth-order valence-corrected chi connectivity index (χ4v) is 1.62. The van der Waals surface area contributed by atoms with E-state index in [9.17, 15) is 18.0 Å². The second-order valence-corrected chi connectivity index (χ2v) is 4.22. The van der Waals surface area contributed by atoms with Crippen molar-refractivity contribution in [3.8, 4) is 0 Å². The number of aliphatic hydroxyl groups excluding tert-OH is 1. The van der Waals surface area contributed by atoms with Crippen molar-refractivity contribution >= 4 is 21.8 Å². The highest BCUT2D eigenvalue weighted by Gasteiger charge is 2.33. The molecule has 1 amide bonds. The van der Waals surface area contributed by atoms with Crippen molar-refractivity contribution in [2.45, 2.75) is 6.18 Å². The predicted molar refractivity (Wildman–Crippen MR) is 61.0 cm³/mol. The molecule has 0 spiro atoms. The van der Waals surface area contributed by atoms with Gasteiger partial charge in [0.15, 0.2) is 0 Å². The van der Waals surface area contributed by atoms with Gasteiger partial charge in [-0.15, -0.1) is 0 Å². The fourth-order valence-electron chi connectivity index (χ4n) is 1.28. The highest BCUT2D eigenvalue weighted by atomic mass is 79.9. The third-order valence-corrected chi connectivity index (χ3v) is 2.40. The van der Waals surface area contributed by atoms with Crippen molar-refractivity contribution < 1.29 is 23.1 Å². The molecule has 8 heteroatoms. The zero-order valence-electron chi connectivity index (χ0n) is 9.12. The molecule has 1 heterocycles. The number of halogens is 4. The number of aromatic nitrogens is 1. The van der Waals surface area contributed by atoms with Crippen LogP contribution in [0.2, 0.25) is 0 Å². The number of alkyl halides is 3. The van der Waals surface area contributed by atoms with Crippen LogP contribution in [0.15, 0.2) is 22.8 Å². The summed E-state index contributed by atoms with van der Waals surface area (Å²) in [6.45, 7) is -2.36. The molecule has 1 aromatic rings. The minimum Gasteiger partial charge on any atom is -0.395 e. The number of rotatable bonds is 4. The van der Waals surface area contributed by atoms with Gasteiger partial charge in [0.05, 0.1) is 6.61 Å². The maximum absolute atomic E-state index is 12.3. The molecule has 0 aliphatic heterocycles. The fraction of sp³-hybridized carbons (Fsp3) is 0.400. The summed E-state index contributed by atoms with van der Waals surface area (Å²) in [4.78, 5) is 16.1. The normalized spacial score (nSPS) is 11.4. The van der Waals surface area contributed by atoms with Gasteiger partial charge in [-0.3, -0.25) is 4.79 Å². The Morgan fingerprint density at radius 3 is 2.61 bits per heavy atom. The van der Waals surface area contributed by atoms with Gasteiger partial charge in [0.2, 0.25) is 0 Å². The van der Waals surface area contributed by atoms with Crippen LogP contribution in [0, 0.1) is 0 Å². The van der Waals surface area contributed by atoms with E-state index in [-0.39, 0.29) is 5.69 Å². The highest BCUT2D eigenvalue weighted by molar-refractivity contribution is 9.10. The molecule has 0 bridgehead atoms. The van der Waals surface area contributed by atoms with Gasteiger partial charge in [0.25, 0.3) is 5.91 Å². The molecular weight excluding hydrogens is 317 g/mol. The first kappa shape index (κ1) is 14.9. The standard InChI is InChI=1S/C10H10BrF3N2O2/c11-8-3-1-2-7(15-8)9(18)16(4-5-17)6-10(12,13)14/h1-3,17H,4-6H2. The largest absolute Gasteiger partial charge is 0.406 e. The Balaban J connectivity index is 2.89. The summed E-state index contributed by atoms with van der Waals surface area (Å²) in [7, 11) is 0. The van der Waals surface area contributed by atoms with E-state index in [1.165, 1.54) is 12.1 Å². The second kappa shape index (κ2) is 6.14. The van der Waals surface area contributed by atoms with Crippen molar-refractivity contribution in [3.63, 3.8) is 0 Å². The number of amides is 1. The van der Waals surface area contributed by atoms with E-state index in [2.05, 4.69) is 20.9 Å². The van der Waals surface area contributed by atoms with E-state index < -0.39 is 31.8 Å². The van der Waals surface area contributed by atoms with Crippen LogP contribution in [-0.4, -0.2) is 46.8 Å². The Morgan fingerprint density at radius 1 is 1.44 bits per heavy atom. The Labute approximate surface area is 110 Å². The molecule has 0 aliphatic carbocycles. The minimum absolute atomic E-state index is 0.109. The number of hydrogen-bond donors (Lipinski definition) is 1. The maximum atomic E-state index is 12.3. The van der Waals surface area contributed by atoms with E-state index in [0.717, 1.165) is 0 Å². The zero-order chi connectivity index (χ0) is 13.8. The molecule has 100 valence electrons. The number of carbonyl (C=O) groups excluding carboxylic acids is 1. The lowest BCUT2D eigenvalue weighted by Gasteiger charge is -2.22. The number of hydrogen-bond acceptors (Lipinski definition) is 3. The zero-order valence-corrected chi connectivity index (χ0v) is 10.7. The highest BCUT2D eigenvalue weighted by Crippen LogP contribution is 2.18. The smallest absolute Gasteiger partial charge is 0.395 e. The maximum Gasteiger partial charge on any atom is 0.406 e. The first-order chi connectivity index (χ1) is 8.33. The van der Waals surface area contributed by atoms with E-state index in [1.54, 1.807) is 6.07 Å². The van der Waals surface area contributed by atoms with Gasteiger partial charge in [-0.05, 0) is 28.1 Å². The summed E-state index contributed by atoms with van der Waals surface area (Å²) >= 11 is 3.03. The van der Waals surface area contributed by atoms with E-state index in [0.29, 0.717) is 9.50 Å². The van der Waals surface area contributed by atoms with Crippen LogP contribution in [-0.2, 0) is 0 Å². The van der Waals surface area contributed by atoms with Crippen molar-refractivity contribution in [1.29, 1.82) is 0 Å². The van der Waals surface area contributed by atoms with Gasteiger partial charge in [-0.2, -0.15) is 13.2 Å². The molecule has 0 aliphatic rings. The van der Waals surface area contributed by atoms with Crippen LogP contribution in [0.3, 0.4) is 0 Å². The Bertz CT molecular complexity index is 426. The monoisotopic (exact) mass is 326 g/mol. The van der Waals surface area contributed by atoms with E-state index >= 15 is 0 Å². The van der Waals surface area contributed by atoms with Crippen LogP contribution < -0.4 is 0 Å². The van der Waals surface area contributed by atoms with Crippen LogP contribution in [0.25, 0.3) is 0 Å². The Morgan fingerprint density at radius 2 is 2.11 bits per heavy atom. The van der Waals surface area contributed by atoms with Crippen LogP contribution >= 0.6 is 15.9 Å². The predicted octanol–water partition coefficient (Wildman–Crippen LogP) is 1.84. The lowest BCUT2D eigenvalue weighted by atomic mass is 10.3. The molecule has 18 heavy (non-hydrogen) atoms. The van der Waals surface area contributed by atoms with Gasteiger partial charge < -0.3 is 10.0 Å². The van der Waals surface area contributed by atoms with Gasteiger partial charge in [-0.1, -0.05) is 6.07 Å². The summed E-state index contributed by atoms with van der Waals surface area (Å²) in [5.74, 6) is -0.873. The van der Waals surface area contributed by atoms with Crippen LogP contribution in [0.5, 0.6) is 0 Å². The number of pyridine rings is 1. The number of carbonyl (C=O) groups is 1. The summed E-state index contributed by atoms with van der Waals surface area (Å²) in [5.41, 5.74) is -0.109. The van der Waals surface area contributed by atoms with Crippen molar-refractivity contribution in [1.82, 2.24) is 9.88 Å². The van der Waals surface area contributed by atoms with Crippen molar-refractivity contribution in [2.24, 2.45) is 0 Å². The summed E-state index contributed by atoms with van der Waals surface area (Å²) in [6.07, 6.45) is -4.52. The molecule has 1 aromatic heterocycles. The third kappa shape index (κ3) is 4.61. The summed E-state index contributed by atoms with van der Waals surface area (Å²) in [5, 5.41) is 8.69. The average Bonchev–Trinajstić information content (AvgIpc) is 2.26. The number of aliphatic hydroxyl groups is 1. The van der Waals surface area contributed by atoms with Crippen LogP contribution in [0.1, 0.15) is 10.5 Å². The Kier molecular flexibility index (Phi) is 5.09. The first-order valence-electron chi connectivity index (χ1n) is 4.93. The first-order valence-corrected chi connectivity index (χ1v) is 5.72. The van der Waals surface area contributed by atoms with Gasteiger partial charge in [-0.25, -0.2) is 4.98 Å². The molecule has 0 unspecified atom stereocenters. The summed E-state index contributed by atoms with van der Waals surface area (Å²) in [6, 6.07) is 4.36. The average molecular weight is 327 g/mol. The third-order valence-electron chi connectivity index (χ3n) is 1.96. The van der Waals surface area contributed by atoms with Crippen molar-refractivity contribution in [3.05, 3.63) is 28.5 Å². The molecule has 0 saturated carbocycles. The molecule has 0 aromatic carbocycles. The van der Waals surface area contributed by atoms with Crippen molar-refractivity contribution in [2.75, 3.05) is 19.7 Å².